The summed E-state index contributed by atoms with van der Waals surface area (Å²) < 4.78 is 21.0. The average molecular weight is 281 g/mol. The van der Waals surface area contributed by atoms with Crippen LogP contribution in [-0.4, -0.2) is 36.2 Å². The first-order chi connectivity index (χ1) is 9.50. The van der Waals surface area contributed by atoms with Crippen molar-refractivity contribution in [3.63, 3.8) is 0 Å². The van der Waals surface area contributed by atoms with Crippen LogP contribution in [0.1, 0.15) is 36.2 Å². The molecular weight excluding hydrogens is 269 g/mol. The van der Waals surface area contributed by atoms with Gasteiger partial charge in [0.2, 0.25) is 0 Å². The highest BCUT2D eigenvalue weighted by Crippen LogP contribution is 2.35. The predicted octanol–water partition coefficient (Wildman–Crippen LogP) is 0.220. The molecule has 0 unspecified atom stereocenters. The number of nitrogens with zero attached hydrogens (tertiary/aromatic N) is 5. The Labute approximate surface area is 112 Å². The van der Waals surface area contributed by atoms with E-state index in [4.69, 9.17) is 4.74 Å². The van der Waals surface area contributed by atoms with Crippen molar-refractivity contribution in [3.8, 4) is 0 Å². The molecule has 9 heteroatoms. The molecule has 1 aliphatic carbocycles. The summed E-state index contributed by atoms with van der Waals surface area (Å²) in [6.07, 6.45) is 2.85. The first kappa shape index (κ1) is 12.7. The monoisotopic (exact) mass is 281 g/mol. The Hall–Kier alpha value is -2.32. The fraction of sp³-hybridized carbons (Fsp3) is 0.545. The number of esters is 1. The summed E-state index contributed by atoms with van der Waals surface area (Å²) >= 11 is 0. The molecule has 2 aromatic rings. The molecule has 3 rings (SSSR count). The highest BCUT2D eigenvalue weighted by molar-refractivity contribution is 5.93. The van der Waals surface area contributed by atoms with E-state index in [1.807, 2.05) is 0 Å². The normalized spacial score (nSPS) is 17.5. The van der Waals surface area contributed by atoms with Crippen LogP contribution in [0.3, 0.4) is 0 Å². The third-order valence-electron chi connectivity index (χ3n) is 3.32. The van der Waals surface area contributed by atoms with Crippen LogP contribution in [0.25, 0.3) is 5.65 Å². The number of carbonyl (C=O) groups excluding carboxylic acids is 1. The van der Waals surface area contributed by atoms with Gasteiger partial charge in [-0.1, -0.05) is 5.21 Å². The minimum atomic E-state index is -1.94. The van der Waals surface area contributed by atoms with Gasteiger partial charge in [-0.2, -0.15) is 9.07 Å². The maximum absolute atomic E-state index is 14.1. The van der Waals surface area contributed by atoms with Crippen LogP contribution in [-0.2, 0) is 11.8 Å². The number of ether oxygens (including phenoxy) is 1. The molecule has 0 bridgehead atoms. The van der Waals surface area contributed by atoms with Gasteiger partial charge < -0.3 is 4.74 Å². The molecule has 0 atom stereocenters. The molecule has 2 heterocycles. The summed E-state index contributed by atoms with van der Waals surface area (Å²) in [7, 11) is 1.42. The van der Waals surface area contributed by atoms with Gasteiger partial charge in [0.15, 0.2) is 11.3 Å². The fourth-order valence-corrected chi connectivity index (χ4v) is 2.24. The highest BCUT2D eigenvalue weighted by Gasteiger charge is 2.38. The number of hydrogen-bond donors (Lipinski definition) is 0. The third kappa shape index (κ3) is 1.95. The molecule has 1 fully saturated rings. The van der Waals surface area contributed by atoms with E-state index in [1.54, 1.807) is 0 Å². The molecule has 8 nitrogen and oxygen atoms in total. The van der Waals surface area contributed by atoms with Crippen molar-refractivity contribution in [1.82, 2.24) is 24.4 Å². The zero-order valence-corrected chi connectivity index (χ0v) is 10.7. The lowest BCUT2D eigenvalue weighted by Gasteiger charge is -2.18. The number of hydrogen-bond acceptors (Lipinski definition) is 6. The molecule has 0 aromatic carbocycles. The fourth-order valence-electron chi connectivity index (χ4n) is 2.24. The second-order valence-corrected chi connectivity index (χ2v) is 4.76. The quantitative estimate of drug-likeness (QED) is 0.731. The lowest BCUT2D eigenvalue weighted by atomic mass is 10.2. The number of imidazole rings is 1. The first-order valence-electron chi connectivity index (χ1n) is 6.19. The Bertz CT molecular complexity index is 731. The van der Waals surface area contributed by atoms with Crippen LogP contribution < -0.4 is 5.69 Å². The molecule has 0 amide bonds. The van der Waals surface area contributed by atoms with E-state index in [-0.39, 0.29) is 24.2 Å². The average Bonchev–Trinajstić information content (AvgIpc) is 3.00. The molecule has 1 aliphatic rings. The number of carbonyl (C=O) groups is 1. The van der Waals surface area contributed by atoms with E-state index >= 15 is 0 Å². The van der Waals surface area contributed by atoms with Gasteiger partial charge in [0.05, 0.1) is 0 Å². The van der Waals surface area contributed by atoms with E-state index in [0.29, 0.717) is 12.8 Å². The van der Waals surface area contributed by atoms with Gasteiger partial charge in [-0.05, 0) is 12.8 Å². The van der Waals surface area contributed by atoms with Crippen molar-refractivity contribution in [2.45, 2.75) is 31.5 Å². The molecular formula is C11H12FN5O3. The van der Waals surface area contributed by atoms with Crippen LogP contribution in [0.4, 0.5) is 4.39 Å². The summed E-state index contributed by atoms with van der Waals surface area (Å²) in [4.78, 5) is 27.5. The van der Waals surface area contributed by atoms with Crippen LogP contribution in [0.15, 0.2) is 11.1 Å². The molecule has 0 N–H and O–H groups in total. The van der Waals surface area contributed by atoms with Crippen molar-refractivity contribution < 1.29 is 13.9 Å². The summed E-state index contributed by atoms with van der Waals surface area (Å²) in [5.74, 6) is -2.88. The van der Waals surface area contributed by atoms with E-state index in [0.717, 1.165) is 15.4 Å². The van der Waals surface area contributed by atoms with Crippen LogP contribution in [0.5, 0.6) is 0 Å². The maximum Gasteiger partial charge on any atom is 0.363 e. The minimum Gasteiger partial charge on any atom is -0.424 e. The number of rotatable bonds is 2. The van der Waals surface area contributed by atoms with Gasteiger partial charge in [-0.15, -0.1) is 5.10 Å². The van der Waals surface area contributed by atoms with Crippen molar-refractivity contribution in [2.24, 2.45) is 7.05 Å². The zero-order chi connectivity index (χ0) is 14.3. The summed E-state index contributed by atoms with van der Waals surface area (Å²) in [5.41, 5.74) is -0.754. The molecule has 0 aliphatic heterocycles. The first-order valence-corrected chi connectivity index (χ1v) is 6.19. The Kier molecular flexibility index (Phi) is 2.77. The Morgan fingerprint density at radius 3 is 2.85 bits per heavy atom. The number of aromatic nitrogens is 5. The molecule has 0 spiro atoms. The molecule has 0 saturated heterocycles. The molecule has 0 radical (unpaired) electrons. The van der Waals surface area contributed by atoms with Crippen molar-refractivity contribution in [1.29, 1.82) is 0 Å². The van der Waals surface area contributed by atoms with Gasteiger partial charge in [-0.3, -0.25) is 0 Å². The number of alkyl halides is 1. The van der Waals surface area contributed by atoms with Gasteiger partial charge in [-0.25, -0.2) is 19.0 Å². The smallest absolute Gasteiger partial charge is 0.363 e. The summed E-state index contributed by atoms with van der Waals surface area (Å²) in [6, 6.07) is 0. The van der Waals surface area contributed by atoms with Crippen LogP contribution in [0.2, 0.25) is 0 Å². The van der Waals surface area contributed by atoms with Crippen LogP contribution >= 0.6 is 0 Å². The Balaban J connectivity index is 1.96. The molecule has 1 saturated carbocycles. The van der Waals surface area contributed by atoms with Gasteiger partial charge >= 0.3 is 11.7 Å². The van der Waals surface area contributed by atoms with Crippen molar-refractivity contribution in [3.05, 3.63) is 22.5 Å². The SMILES string of the molecule is Cn1nnc2c(C(=O)OC3(F)CCCC3)ncn2c1=O. The molecule has 2 aromatic heterocycles. The lowest BCUT2D eigenvalue weighted by Crippen LogP contribution is -2.29. The standard InChI is InChI=1S/C11H12FN5O3/c1-16-10(19)17-6-13-7(8(17)14-15-16)9(18)20-11(12)4-2-3-5-11/h6H,2-5H2,1H3. The number of halogens is 1. The third-order valence-corrected chi connectivity index (χ3v) is 3.32. The number of fused-ring (bicyclic) bond motifs is 1. The largest absolute Gasteiger partial charge is 0.424 e. The highest BCUT2D eigenvalue weighted by atomic mass is 19.2. The Morgan fingerprint density at radius 2 is 2.15 bits per heavy atom. The van der Waals surface area contributed by atoms with Crippen LogP contribution in [0, 0.1) is 0 Å². The molecule has 20 heavy (non-hydrogen) atoms. The summed E-state index contributed by atoms with van der Waals surface area (Å²) in [6.45, 7) is 0. The maximum atomic E-state index is 14.1. The van der Waals surface area contributed by atoms with Gasteiger partial charge in [0.1, 0.15) is 6.33 Å². The predicted molar refractivity (Wildman–Crippen MR) is 63.7 cm³/mol. The van der Waals surface area contributed by atoms with E-state index in [2.05, 4.69) is 15.3 Å². The Morgan fingerprint density at radius 1 is 1.45 bits per heavy atom. The lowest BCUT2D eigenvalue weighted by molar-refractivity contribution is -0.0979. The van der Waals surface area contributed by atoms with Crippen molar-refractivity contribution in [2.75, 3.05) is 0 Å². The number of aryl methyl sites for hydroxylation is 1. The second-order valence-electron chi connectivity index (χ2n) is 4.76. The molecule has 106 valence electrons. The van der Waals surface area contributed by atoms with Gasteiger partial charge in [0, 0.05) is 19.9 Å². The van der Waals surface area contributed by atoms with E-state index in [1.165, 1.54) is 7.05 Å². The second kappa shape index (κ2) is 4.36. The minimum absolute atomic E-state index is 0.0419. The van der Waals surface area contributed by atoms with Crippen molar-refractivity contribution >= 4 is 11.6 Å². The van der Waals surface area contributed by atoms with E-state index < -0.39 is 17.5 Å². The zero-order valence-electron chi connectivity index (χ0n) is 10.7. The van der Waals surface area contributed by atoms with E-state index in [9.17, 15) is 14.0 Å². The topological polar surface area (TPSA) is 91.4 Å². The summed E-state index contributed by atoms with van der Waals surface area (Å²) in [5, 5.41) is 7.27. The van der Waals surface area contributed by atoms with Gasteiger partial charge in [0.25, 0.3) is 5.85 Å².